The van der Waals surface area contributed by atoms with Gasteiger partial charge in [-0.25, -0.2) is 4.99 Å². The summed E-state index contributed by atoms with van der Waals surface area (Å²) >= 11 is 0. The summed E-state index contributed by atoms with van der Waals surface area (Å²) in [5.74, 6) is -0.349. The molecule has 1 aromatic rings. The van der Waals surface area contributed by atoms with Crippen LogP contribution in [0.1, 0.15) is 0 Å². The lowest BCUT2D eigenvalue weighted by Crippen LogP contribution is -2.26. The van der Waals surface area contributed by atoms with Crippen LogP contribution in [0.15, 0.2) is 33.1 Å². The Bertz CT molecular complexity index is 634. The van der Waals surface area contributed by atoms with Crippen molar-refractivity contribution in [2.75, 3.05) is 7.11 Å². The molecule has 0 aliphatic rings. The van der Waals surface area contributed by atoms with E-state index in [1.807, 2.05) is 0 Å². The van der Waals surface area contributed by atoms with Crippen molar-refractivity contribution in [2.24, 2.45) is 27.2 Å². The van der Waals surface area contributed by atoms with Gasteiger partial charge in [-0.1, -0.05) is 0 Å². The standard InChI is InChI=1S/C9H13N5O4S/c1-18-7-3-2-5(19(15,16)17)4-6(7)13-9(12)14-8(10)11/h2-4H,1H3,(H,15,16,17)(H6,10,11,12,13,14). The first-order valence-electron chi connectivity index (χ1n) is 4.83. The molecule has 0 bridgehead atoms. The van der Waals surface area contributed by atoms with Gasteiger partial charge >= 0.3 is 0 Å². The average Bonchev–Trinajstić information content (AvgIpc) is 2.26. The minimum Gasteiger partial charge on any atom is -0.494 e. The SMILES string of the molecule is COc1ccc(S(=O)(=O)O)cc1N=C(N)N=C(N)N. The van der Waals surface area contributed by atoms with Gasteiger partial charge in [0.15, 0.2) is 5.96 Å². The highest BCUT2D eigenvalue weighted by molar-refractivity contribution is 7.85. The Morgan fingerprint density at radius 2 is 1.95 bits per heavy atom. The molecule has 0 saturated heterocycles. The molecule has 0 aliphatic heterocycles. The third kappa shape index (κ3) is 4.12. The molecule has 104 valence electrons. The van der Waals surface area contributed by atoms with Gasteiger partial charge in [0.05, 0.1) is 12.0 Å². The maximum absolute atomic E-state index is 11.0. The predicted octanol–water partition coefficient (Wildman–Crippen LogP) is -0.838. The fourth-order valence-corrected chi connectivity index (χ4v) is 1.70. The lowest BCUT2D eigenvalue weighted by Gasteiger charge is -2.06. The van der Waals surface area contributed by atoms with Crippen molar-refractivity contribution in [3.63, 3.8) is 0 Å². The minimum atomic E-state index is -4.36. The quantitative estimate of drug-likeness (QED) is 0.319. The maximum atomic E-state index is 11.0. The first-order valence-corrected chi connectivity index (χ1v) is 6.27. The van der Waals surface area contributed by atoms with Gasteiger partial charge in [-0.2, -0.15) is 13.4 Å². The van der Waals surface area contributed by atoms with E-state index in [9.17, 15) is 8.42 Å². The smallest absolute Gasteiger partial charge is 0.294 e. The van der Waals surface area contributed by atoms with E-state index in [1.165, 1.54) is 13.2 Å². The van der Waals surface area contributed by atoms with Gasteiger partial charge in [-0.15, -0.1) is 0 Å². The number of hydrogen-bond acceptors (Lipinski definition) is 4. The number of hydrogen-bond donors (Lipinski definition) is 4. The third-order valence-corrected chi connectivity index (χ3v) is 2.78. The van der Waals surface area contributed by atoms with E-state index in [4.69, 9.17) is 26.5 Å². The molecular weight excluding hydrogens is 274 g/mol. The largest absolute Gasteiger partial charge is 0.494 e. The van der Waals surface area contributed by atoms with Crippen LogP contribution in [0.3, 0.4) is 0 Å². The number of benzene rings is 1. The van der Waals surface area contributed by atoms with E-state index < -0.39 is 10.1 Å². The van der Waals surface area contributed by atoms with E-state index in [1.54, 1.807) is 0 Å². The first kappa shape index (κ1) is 14.7. The van der Waals surface area contributed by atoms with Gasteiger partial charge in [0, 0.05) is 0 Å². The number of methoxy groups -OCH3 is 1. The Balaban J connectivity index is 3.36. The summed E-state index contributed by atoms with van der Waals surface area (Å²) in [5, 5.41) is 0. The summed E-state index contributed by atoms with van der Waals surface area (Å²) in [4.78, 5) is 6.91. The zero-order valence-corrected chi connectivity index (χ0v) is 10.8. The molecule has 0 amide bonds. The highest BCUT2D eigenvalue weighted by Gasteiger charge is 2.13. The first-order chi connectivity index (χ1) is 8.74. The average molecular weight is 287 g/mol. The van der Waals surface area contributed by atoms with Crippen molar-refractivity contribution in [1.82, 2.24) is 0 Å². The molecule has 19 heavy (non-hydrogen) atoms. The number of aliphatic imine (C=N–C) groups is 2. The van der Waals surface area contributed by atoms with Crippen LogP contribution in [-0.2, 0) is 10.1 Å². The Morgan fingerprint density at radius 3 is 2.42 bits per heavy atom. The van der Waals surface area contributed by atoms with E-state index >= 15 is 0 Å². The number of nitrogens with zero attached hydrogens (tertiary/aromatic N) is 2. The Morgan fingerprint density at radius 1 is 1.32 bits per heavy atom. The van der Waals surface area contributed by atoms with Crippen LogP contribution in [0.25, 0.3) is 0 Å². The molecule has 0 spiro atoms. The number of nitrogens with two attached hydrogens (primary N) is 3. The highest BCUT2D eigenvalue weighted by atomic mass is 32.2. The molecule has 9 nitrogen and oxygen atoms in total. The lowest BCUT2D eigenvalue weighted by molar-refractivity contribution is 0.415. The molecule has 7 N–H and O–H groups in total. The molecule has 1 aromatic carbocycles. The normalized spacial score (nSPS) is 12.0. The summed E-state index contributed by atoms with van der Waals surface area (Å²) < 4.78 is 35.9. The Labute approximate surface area is 109 Å². The van der Waals surface area contributed by atoms with Gasteiger partial charge in [-0.3, -0.25) is 4.55 Å². The van der Waals surface area contributed by atoms with Crippen LogP contribution in [0, 0.1) is 0 Å². The third-order valence-electron chi connectivity index (χ3n) is 1.93. The molecule has 0 unspecified atom stereocenters. The molecule has 0 saturated carbocycles. The van der Waals surface area contributed by atoms with Gasteiger partial charge in [-0.05, 0) is 18.2 Å². The summed E-state index contributed by atoms with van der Waals surface area (Å²) in [5.41, 5.74) is 15.7. The maximum Gasteiger partial charge on any atom is 0.294 e. The summed E-state index contributed by atoms with van der Waals surface area (Å²) in [6, 6.07) is 3.54. The number of rotatable bonds is 3. The molecule has 0 aliphatic carbocycles. The van der Waals surface area contributed by atoms with Crippen LogP contribution < -0.4 is 21.9 Å². The molecule has 0 fully saturated rings. The number of ether oxygens (including phenoxy) is 1. The number of guanidine groups is 2. The molecular formula is C9H13N5O4S. The van der Waals surface area contributed by atoms with Crippen LogP contribution in [0.5, 0.6) is 5.75 Å². The molecule has 10 heteroatoms. The van der Waals surface area contributed by atoms with Gasteiger partial charge in [0.1, 0.15) is 11.4 Å². The summed E-state index contributed by atoms with van der Waals surface area (Å²) in [6.07, 6.45) is 0. The predicted molar refractivity (Wildman–Crippen MR) is 69.9 cm³/mol. The Hall–Kier alpha value is -2.33. The molecule has 0 heterocycles. The van der Waals surface area contributed by atoms with E-state index in [-0.39, 0.29) is 28.3 Å². The van der Waals surface area contributed by atoms with Crippen LogP contribution in [0.4, 0.5) is 5.69 Å². The molecule has 0 radical (unpaired) electrons. The van der Waals surface area contributed by atoms with Gasteiger partial charge in [0.2, 0.25) is 5.96 Å². The monoisotopic (exact) mass is 287 g/mol. The minimum absolute atomic E-state index is 0.0557. The molecule has 0 atom stereocenters. The fourth-order valence-electron chi connectivity index (χ4n) is 1.20. The second-order valence-electron chi connectivity index (χ2n) is 3.32. The fraction of sp³-hybridized carbons (Fsp3) is 0.111. The summed E-state index contributed by atoms with van der Waals surface area (Å²) in [6.45, 7) is 0. The van der Waals surface area contributed by atoms with E-state index in [2.05, 4.69) is 9.98 Å². The summed E-state index contributed by atoms with van der Waals surface area (Å²) in [7, 11) is -3.00. The van der Waals surface area contributed by atoms with Crippen LogP contribution >= 0.6 is 0 Å². The van der Waals surface area contributed by atoms with Crippen molar-refractivity contribution in [3.8, 4) is 5.75 Å². The van der Waals surface area contributed by atoms with Crippen molar-refractivity contribution in [2.45, 2.75) is 4.90 Å². The van der Waals surface area contributed by atoms with E-state index in [0.717, 1.165) is 12.1 Å². The second kappa shape index (κ2) is 5.54. The van der Waals surface area contributed by atoms with Crippen molar-refractivity contribution >= 4 is 27.7 Å². The highest BCUT2D eigenvalue weighted by Crippen LogP contribution is 2.30. The van der Waals surface area contributed by atoms with Crippen molar-refractivity contribution in [1.29, 1.82) is 0 Å². The van der Waals surface area contributed by atoms with Crippen molar-refractivity contribution < 1.29 is 17.7 Å². The van der Waals surface area contributed by atoms with E-state index in [0.29, 0.717) is 0 Å². The van der Waals surface area contributed by atoms with Crippen molar-refractivity contribution in [3.05, 3.63) is 18.2 Å². The van der Waals surface area contributed by atoms with Gasteiger partial charge in [0.25, 0.3) is 10.1 Å². The molecule has 1 rings (SSSR count). The topological polar surface area (TPSA) is 166 Å². The lowest BCUT2D eigenvalue weighted by atomic mass is 10.3. The van der Waals surface area contributed by atoms with Gasteiger partial charge < -0.3 is 21.9 Å². The second-order valence-corrected chi connectivity index (χ2v) is 4.74. The Kier molecular flexibility index (Phi) is 4.30. The zero-order valence-electron chi connectivity index (χ0n) is 9.94. The zero-order chi connectivity index (χ0) is 14.6. The van der Waals surface area contributed by atoms with Crippen LogP contribution in [0.2, 0.25) is 0 Å². The van der Waals surface area contributed by atoms with Crippen LogP contribution in [-0.4, -0.2) is 32.0 Å². The molecule has 0 aromatic heterocycles.